The van der Waals surface area contributed by atoms with Gasteiger partial charge in [-0.1, -0.05) is 0 Å². The highest BCUT2D eigenvalue weighted by Gasteiger charge is 2.49. The largest absolute Gasteiger partial charge is 0.735 e. The molecule has 0 aromatic carbocycles. The van der Waals surface area contributed by atoms with Crippen LogP contribution >= 0.6 is 0 Å². The van der Waals surface area contributed by atoms with Crippen LogP contribution in [0, 0.1) is 0 Å². The normalized spacial score (nSPS) is 37.0. The third-order valence-electron chi connectivity index (χ3n) is 4.04. The van der Waals surface area contributed by atoms with Crippen LogP contribution in [0.25, 0.3) is 0 Å². The Kier molecular flexibility index (Phi) is 7.95. The van der Waals surface area contributed by atoms with Crippen molar-refractivity contribution in [1.29, 1.82) is 0 Å². The molecule has 17 nitrogen and oxygen atoms in total. The van der Waals surface area contributed by atoms with E-state index in [1.54, 1.807) is 0 Å². The van der Waals surface area contributed by atoms with Crippen LogP contribution in [0.1, 0.15) is 0 Å². The molecule has 0 aromatic rings. The Morgan fingerprint density at radius 3 is 2.26 bits per heavy atom. The van der Waals surface area contributed by atoms with Gasteiger partial charge in [-0.15, -0.1) is 0 Å². The van der Waals surface area contributed by atoms with E-state index >= 15 is 0 Å². The number of aliphatic hydroxyl groups excluding tert-OH is 4. The van der Waals surface area contributed by atoms with Crippen molar-refractivity contribution < 1.29 is 74.7 Å². The predicted octanol–water partition coefficient (Wildman–Crippen LogP) is -6.94. The summed E-state index contributed by atoms with van der Waals surface area (Å²) in [6, 6.07) is -2.10. The van der Waals surface area contributed by atoms with E-state index in [2.05, 4.69) is 4.18 Å². The second-order valence-corrected chi connectivity index (χ2v) is 8.43. The van der Waals surface area contributed by atoms with E-state index < -0.39 is 88.2 Å². The van der Waals surface area contributed by atoms with Crippen LogP contribution in [0.2, 0.25) is 0 Å². The number of hydrogen-bond donors (Lipinski definition) is 5. The van der Waals surface area contributed by atoms with Gasteiger partial charge < -0.3 is 53.6 Å². The second-order valence-electron chi connectivity index (χ2n) is 6.23. The minimum Gasteiger partial charge on any atom is -0.735 e. The Hall–Kier alpha value is -1.49. The molecule has 1 fully saturated rings. The van der Waals surface area contributed by atoms with Crippen molar-refractivity contribution >= 4 is 26.7 Å². The van der Waals surface area contributed by atoms with Gasteiger partial charge in [0.1, 0.15) is 48.3 Å². The van der Waals surface area contributed by atoms with Crippen LogP contribution in [-0.2, 0) is 43.9 Å². The predicted molar refractivity (Wildman–Crippen MR) is 84.0 cm³/mol. The fourth-order valence-electron chi connectivity index (χ4n) is 2.71. The SMILES string of the molecule is O=C([O-])C1=C[C@H](O)[C@@H](O)[C@H](O[C@H]2[C@H](O)[C@@H](NS(=O)(=O)[O-])C(O)O[C@@H]2COS(=O)(=O)[O-])O1. The molecule has 2 aliphatic heterocycles. The molecule has 31 heavy (non-hydrogen) atoms. The minimum absolute atomic E-state index is 0.552. The first-order chi connectivity index (χ1) is 14.1. The smallest absolute Gasteiger partial charge is 0.229 e. The zero-order chi connectivity index (χ0) is 23.7. The number of carbonyl (C=O) groups is 1. The highest BCUT2D eigenvalue weighted by Crippen LogP contribution is 2.28. The summed E-state index contributed by atoms with van der Waals surface area (Å²) in [5.41, 5.74) is 0. The molecule has 1 saturated heterocycles. The number of carboxylic acid groups (broad SMARTS) is 1. The van der Waals surface area contributed by atoms with E-state index in [4.69, 9.17) is 14.2 Å². The van der Waals surface area contributed by atoms with Crippen molar-refractivity contribution in [1.82, 2.24) is 4.72 Å². The summed E-state index contributed by atoms with van der Waals surface area (Å²) in [6.45, 7) is -1.21. The lowest BCUT2D eigenvalue weighted by atomic mass is 9.97. The zero-order valence-corrected chi connectivity index (χ0v) is 16.5. The molecule has 2 rings (SSSR count). The summed E-state index contributed by atoms with van der Waals surface area (Å²) in [5.74, 6) is -2.94. The molecule has 0 amide bonds. The Morgan fingerprint density at radius 1 is 1.13 bits per heavy atom. The molecule has 0 aromatic heterocycles. The summed E-state index contributed by atoms with van der Waals surface area (Å²) in [5, 5.41) is 50.8. The third kappa shape index (κ3) is 7.00. The lowest BCUT2D eigenvalue weighted by Gasteiger charge is -2.45. The average Bonchev–Trinajstić information content (AvgIpc) is 2.61. The molecule has 1 unspecified atom stereocenters. The van der Waals surface area contributed by atoms with Crippen LogP contribution in [0.5, 0.6) is 0 Å². The van der Waals surface area contributed by atoms with E-state index in [0.717, 1.165) is 0 Å². The molecule has 0 saturated carbocycles. The third-order valence-corrected chi connectivity index (χ3v) is 5.02. The molecule has 0 bridgehead atoms. The number of carboxylic acids is 1. The van der Waals surface area contributed by atoms with Gasteiger partial charge in [-0.05, 0) is 6.08 Å². The van der Waals surface area contributed by atoms with Gasteiger partial charge in [0.25, 0.3) is 0 Å². The number of carbonyl (C=O) groups excluding carboxylic acids is 1. The first kappa shape index (κ1) is 25.8. The first-order valence-electron chi connectivity index (χ1n) is 8.05. The van der Waals surface area contributed by atoms with Crippen LogP contribution in [0.15, 0.2) is 11.8 Å². The lowest BCUT2D eigenvalue weighted by molar-refractivity contribution is -0.321. The van der Waals surface area contributed by atoms with E-state index in [9.17, 15) is 56.3 Å². The zero-order valence-electron chi connectivity index (χ0n) is 14.9. The van der Waals surface area contributed by atoms with Crippen LogP contribution < -0.4 is 9.83 Å². The Bertz CT molecular complexity index is 900. The van der Waals surface area contributed by atoms with Crippen molar-refractivity contribution in [2.45, 2.75) is 49.1 Å². The molecule has 2 heterocycles. The summed E-state index contributed by atoms with van der Waals surface area (Å²) < 4.78 is 84.8. The quantitative estimate of drug-likeness (QED) is 0.155. The summed E-state index contributed by atoms with van der Waals surface area (Å²) in [6.07, 6.45) is -13.8. The highest BCUT2D eigenvalue weighted by molar-refractivity contribution is 7.83. The van der Waals surface area contributed by atoms with Crippen LogP contribution in [-0.4, -0.2) is 108 Å². The average molecular weight is 494 g/mol. The number of aliphatic hydroxyl groups is 4. The summed E-state index contributed by atoms with van der Waals surface area (Å²) in [4.78, 5) is 10.9. The molecule has 2 aliphatic rings. The standard InChI is InChI=1S/C12H19NO16S2/c14-3-1-4(10(17)18)28-12(7(3)15)29-9-5(2-26-31(23,24)25)27-11(19)6(8(9)16)13-30(20,21)22/h1,3,5-9,11-16,19H,2H2,(H,17,18)(H,20,21,22)(H,23,24,25)/p-3/t3-,5+,6+,7+,8+,9+,11?,12-/m0/s1. The van der Waals surface area contributed by atoms with E-state index in [1.807, 2.05) is 0 Å². The van der Waals surface area contributed by atoms with Crippen molar-refractivity contribution in [3.05, 3.63) is 11.8 Å². The summed E-state index contributed by atoms with van der Waals surface area (Å²) >= 11 is 0. The highest BCUT2D eigenvalue weighted by atomic mass is 32.3. The molecule has 0 spiro atoms. The van der Waals surface area contributed by atoms with Gasteiger partial charge in [-0.3, -0.25) is 4.18 Å². The van der Waals surface area contributed by atoms with Gasteiger partial charge in [-0.2, -0.15) is 0 Å². The monoisotopic (exact) mass is 494 g/mol. The van der Waals surface area contributed by atoms with Crippen molar-refractivity contribution in [3.8, 4) is 0 Å². The molecule has 19 heteroatoms. The minimum atomic E-state index is -5.32. The van der Waals surface area contributed by atoms with E-state index in [-0.39, 0.29) is 0 Å². The number of nitrogens with one attached hydrogen (secondary N) is 1. The van der Waals surface area contributed by atoms with Gasteiger partial charge in [0, 0.05) is 0 Å². The number of rotatable bonds is 8. The molecular weight excluding hydrogens is 478 g/mol. The van der Waals surface area contributed by atoms with E-state index in [1.165, 1.54) is 4.72 Å². The van der Waals surface area contributed by atoms with Gasteiger partial charge >= 0.3 is 0 Å². The maximum atomic E-state index is 10.9. The van der Waals surface area contributed by atoms with Gasteiger partial charge in [0.05, 0.1) is 6.61 Å². The van der Waals surface area contributed by atoms with Crippen LogP contribution in [0.3, 0.4) is 0 Å². The lowest BCUT2D eigenvalue weighted by Crippen LogP contribution is -2.66. The molecule has 180 valence electrons. The Morgan fingerprint density at radius 2 is 1.74 bits per heavy atom. The van der Waals surface area contributed by atoms with Crippen molar-refractivity contribution in [2.24, 2.45) is 0 Å². The Labute approximate surface area is 174 Å². The number of aliphatic carboxylic acids is 1. The number of ether oxygens (including phenoxy) is 3. The van der Waals surface area contributed by atoms with Crippen molar-refractivity contribution in [2.75, 3.05) is 6.61 Å². The first-order valence-corrected chi connectivity index (χ1v) is 10.8. The maximum Gasteiger partial charge on any atom is 0.229 e. The number of hydrogen-bond acceptors (Lipinski definition) is 16. The fraction of sp³-hybridized carbons (Fsp3) is 0.750. The van der Waals surface area contributed by atoms with Crippen molar-refractivity contribution in [3.63, 3.8) is 0 Å². The molecular formula is C12H16NO16S2-3. The van der Waals surface area contributed by atoms with Crippen LogP contribution in [0.4, 0.5) is 0 Å². The second kappa shape index (κ2) is 9.56. The Balaban J connectivity index is 2.31. The van der Waals surface area contributed by atoms with Gasteiger partial charge in [0.15, 0.2) is 16.6 Å². The topological polar surface area (TPSA) is 284 Å². The maximum absolute atomic E-state index is 10.9. The van der Waals surface area contributed by atoms with E-state index in [0.29, 0.717) is 6.08 Å². The molecule has 0 aliphatic carbocycles. The molecule has 0 radical (unpaired) electrons. The fourth-order valence-corrected chi connectivity index (χ4v) is 3.60. The molecule has 8 atom stereocenters. The van der Waals surface area contributed by atoms with Gasteiger partial charge in [-0.25, -0.2) is 21.6 Å². The molecule has 5 N–H and O–H groups in total. The van der Waals surface area contributed by atoms with Gasteiger partial charge in [0.2, 0.25) is 16.7 Å². The summed E-state index contributed by atoms with van der Waals surface area (Å²) in [7, 11) is -10.6.